The fourth-order valence-electron chi connectivity index (χ4n) is 3.22. The van der Waals surface area contributed by atoms with Crippen LogP contribution in [0.3, 0.4) is 0 Å². The summed E-state index contributed by atoms with van der Waals surface area (Å²) in [6.07, 6.45) is 0.878. The molecule has 0 fully saturated rings. The first-order valence-electron chi connectivity index (χ1n) is 9.27. The quantitative estimate of drug-likeness (QED) is 0.435. The van der Waals surface area contributed by atoms with E-state index in [4.69, 9.17) is 10.5 Å². The normalized spacial score (nSPS) is 11.0. The molecule has 0 atom stereocenters. The van der Waals surface area contributed by atoms with Crippen LogP contribution in [0.2, 0.25) is 0 Å². The number of methoxy groups -OCH3 is 1. The lowest BCUT2D eigenvalue weighted by atomic mass is 10.1. The number of ether oxygens (including phenoxy) is 1. The Bertz CT molecular complexity index is 1020. The second-order valence-corrected chi connectivity index (χ2v) is 6.79. The molecular formula is C20H24N6O3. The summed E-state index contributed by atoms with van der Waals surface area (Å²) in [6.45, 7) is 5.39. The molecule has 2 N–H and O–H groups in total. The molecule has 2 aromatic heterocycles. The van der Waals surface area contributed by atoms with Gasteiger partial charge in [0.1, 0.15) is 6.54 Å². The maximum atomic E-state index is 12.8. The van der Waals surface area contributed by atoms with Crippen molar-refractivity contribution in [3.05, 3.63) is 52.8 Å². The highest BCUT2D eigenvalue weighted by Gasteiger charge is 2.17. The number of ketones is 1. The number of aromatic nitrogens is 5. The molecule has 3 aromatic rings. The number of hydrogen-bond acceptors (Lipinski definition) is 6. The first-order valence-corrected chi connectivity index (χ1v) is 9.27. The van der Waals surface area contributed by atoms with E-state index in [-0.39, 0.29) is 12.3 Å². The number of amides is 1. The van der Waals surface area contributed by atoms with Gasteiger partial charge in [-0.1, -0.05) is 12.1 Å². The molecule has 0 aliphatic rings. The molecule has 0 radical (unpaired) electrons. The van der Waals surface area contributed by atoms with Crippen molar-refractivity contribution < 1.29 is 14.3 Å². The summed E-state index contributed by atoms with van der Waals surface area (Å²) in [5.41, 5.74) is 8.94. The number of carbonyl (C=O) groups is 2. The molecule has 0 aliphatic heterocycles. The third-order valence-corrected chi connectivity index (χ3v) is 4.77. The minimum absolute atomic E-state index is 0.00522. The van der Waals surface area contributed by atoms with Crippen molar-refractivity contribution >= 4 is 11.7 Å². The number of rotatable bonds is 9. The molecule has 0 saturated carbocycles. The Labute approximate surface area is 168 Å². The van der Waals surface area contributed by atoms with Crippen LogP contribution in [0.15, 0.2) is 30.3 Å². The Hall–Kier alpha value is -3.33. The highest BCUT2D eigenvalue weighted by atomic mass is 16.5. The predicted octanol–water partition coefficient (Wildman–Crippen LogP) is 1.78. The number of Topliss-reactive ketones (excluding diaryl/α,β-unsaturated/α-hetero) is 1. The number of hydrogen-bond donors (Lipinski definition) is 1. The lowest BCUT2D eigenvalue weighted by Crippen LogP contribution is -2.14. The van der Waals surface area contributed by atoms with Crippen LogP contribution >= 0.6 is 0 Å². The Morgan fingerprint density at radius 3 is 2.55 bits per heavy atom. The fourth-order valence-corrected chi connectivity index (χ4v) is 3.22. The third kappa shape index (κ3) is 4.57. The Morgan fingerprint density at radius 1 is 1.17 bits per heavy atom. The molecule has 0 spiro atoms. The average molecular weight is 396 g/mol. The summed E-state index contributed by atoms with van der Waals surface area (Å²) in [5, 5.41) is 12.2. The van der Waals surface area contributed by atoms with Crippen LogP contribution in [0.5, 0.6) is 0 Å². The van der Waals surface area contributed by atoms with Crippen LogP contribution in [0, 0.1) is 13.8 Å². The van der Waals surface area contributed by atoms with Gasteiger partial charge >= 0.3 is 0 Å². The maximum Gasteiger partial charge on any atom is 0.248 e. The van der Waals surface area contributed by atoms with Crippen LogP contribution in [-0.4, -0.2) is 50.2 Å². The molecule has 29 heavy (non-hydrogen) atoms. The smallest absolute Gasteiger partial charge is 0.248 e. The van der Waals surface area contributed by atoms with Gasteiger partial charge in [0, 0.05) is 48.3 Å². The number of primary amides is 1. The molecule has 9 nitrogen and oxygen atoms in total. The average Bonchev–Trinajstić information content (AvgIpc) is 3.27. The molecule has 3 rings (SSSR count). The number of nitrogens with two attached hydrogens (primary N) is 1. The number of tetrazole rings is 1. The van der Waals surface area contributed by atoms with E-state index in [0.29, 0.717) is 29.1 Å². The minimum Gasteiger partial charge on any atom is -0.385 e. The summed E-state index contributed by atoms with van der Waals surface area (Å²) in [5.74, 6) is -0.207. The molecule has 1 amide bonds. The summed E-state index contributed by atoms with van der Waals surface area (Å²) in [7, 11) is 1.68. The molecule has 0 unspecified atom stereocenters. The highest BCUT2D eigenvalue weighted by Crippen LogP contribution is 2.18. The van der Waals surface area contributed by atoms with Gasteiger partial charge in [0.15, 0.2) is 5.78 Å². The molecule has 1 aromatic carbocycles. The van der Waals surface area contributed by atoms with Crippen molar-refractivity contribution in [3.8, 4) is 11.4 Å². The molecule has 0 aliphatic carbocycles. The molecule has 152 valence electrons. The van der Waals surface area contributed by atoms with Crippen molar-refractivity contribution in [1.29, 1.82) is 0 Å². The van der Waals surface area contributed by atoms with E-state index >= 15 is 0 Å². The zero-order valence-electron chi connectivity index (χ0n) is 16.8. The van der Waals surface area contributed by atoms with Crippen LogP contribution in [0.25, 0.3) is 11.4 Å². The van der Waals surface area contributed by atoms with Gasteiger partial charge in [-0.3, -0.25) is 9.59 Å². The zero-order valence-corrected chi connectivity index (χ0v) is 16.8. The zero-order chi connectivity index (χ0) is 21.0. The van der Waals surface area contributed by atoms with Gasteiger partial charge in [-0.2, -0.15) is 4.80 Å². The Balaban J connectivity index is 1.72. The van der Waals surface area contributed by atoms with Gasteiger partial charge < -0.3 is 15.0 Å². The van der Waals surface area contributed by atoms with E-state index in [9.17, 15) is 9.59 Å². The summed E-state index contributed by atoms with van der Waals surface area (Å²) >= 11 is 0. The van der Waals surface area contributed by atoms with Crippen molar-refractivity contribution in [2.45, 2.75) is 33.4 Å². The summed E-state index contributed by atoms with van der Waals surface area (Å²) < 4.78 is 7.22. The SMILES string of the molecule is COCCCn1c(C)cc(C(=O)Cn2nnc(-c3ccc(C(N)=O)cc3)n2)c1C. The molecule has 2 heterocycles. The van der Waals surface area contributed by atoms with Gasteiger partial charge in [0.25, 0.3) is 0 Å². The molecule has 0 bridgehead atoms. The van der Waals surface area contributed by atoms with Crippen molar-refractivity contribution in [1.82, 2.24) is 24.8 Å². The summed E-state index contributed by atoms with van der Waals surface area (Å²) in [6, 6.07) is 8.47. The second kappa shape index (κ2) is 8.78. The van der Waals surface area contributed by atoms with Crippen LogP contribution < -0.4 is 5.73 Å². The first-order chi connectivity index (χ1) is 13.9. The highest BCUT2D eigenvalue weighted by molar-refractivity contribution is 5.97. The summed E-state index contributed by atoms with van der Waals surface area (Å²) in [4.78, 5) is 25.2. The predicted molar refractivity (Wildman–Crippen MR) is 107 cm³/mol. The van der Waals surface area contributed by atoms with Gasteiger partial charge in [-0.05, 0) is 43.7 Å². The second-order valence-electron chi connectivity index (χ2n) is 6.79. The Morgan fingerprint density at radius 2 is 1.90 bits per heavy atom. The number of aryl methyl sites for hydroxylation is 1. The Kier molecular flexibility index (Phi) is 6.18. The van der Waals surface area contributed by atoms with E-state index in [0.717, 1.165) is 24.4 Å². The van der Waals surface area contributed by atoms with E-state index in [1.807, 2.05) is 19.9 Å². The van der Waals surface area contributed by atoms with Crippen LogP contribution in [-0.2, 0) is 17.8 Å². The lowest BCUT2D eigenvalue weighted by molar-refractivity contribution is 0.0959. The third-order valence-electron chi connectivity index (χ3n) is 4.77. The number of nitrogens with zero attached hydrogens (tertiary/aromatic N) is 5. The lowest BCUT2D eigenvalue weighted by Gasteiger charge is -2.09. The monoisotopic (exact) mass is 396 g/mol. The van der Waals surface area contributed by atoms with Gasteiger partial charge in [-0.15, -0.1) is 10.2 Å². The number of carbonyl (C=O) groups excluding carboxylic acids is 2. The van der Waals surface area contributed by atoms with Gasteiger partial charge in [0.2, 0.25) is 11.7 Å². The largest absolute Gasteiger partial charge is 0.385 e. The molecule has 0 saturated heterocycles. The van der Waals surface area contributed by atoms with E-state index in [2.05, 4.69) is 20.0 Å². The molecular weight excluding hydrogens is 372 g/mol. The molecule has 9 heteroatoms. The van der Waals surface area contributed by atoms with Crippen molar-refractivity contribution in [2.24, 2.45) is 5.73 Å². The topological polar surface area (TPSA) is 118 Å². The maximum absolute atomic E-state index is 12.8. The first kappa shape index (κ1) is 20.4. The van der Waals surface area contributed by atoms with E-state index in [1.165, 1.54) is 4.80 Å². The van der Waals surface area contributed by atoms with Gasteiger partial charge in [0.05, 0.1) is 0 Å². The van der Waals surface area contributed by atoms with Crippen LogP contribution in [0.4, 0.5) is 0 Å². The van der Waals surface area contributed by atoms with Crippen LogP contribution in [0.1, 0.15) is 38.5 Å². The van der Waals surface area contributed by atoms with Crippen molar-refractivity contribution in [3.63, 3.8) is 0 Å². The van der Waals surface area contributed by atoms with E-state index in [1.54, 1.807) is 31.4 Å². The standard InChI is InChI=1S/C20H24N6O3/c1-13-11-17(14(2)25(13)9-4-10-29-3)18(27)12-26-23-20(22-24-26)16-7-5-15(6-8-16)19(21)28/h5-8,11H,4,9-10,12H2,1-3H3,(H2,21,28). The number of benzene rings is 1. The van der Waals surface area contributed by atoms with Crippen molar-refractivity contribution in [2.75, 3.05) is 13.7 Å². The fraction of sp³-hybridized carbons (Fsp3) is 0.350. The minimum atomic E-state index is -0.501. The van der Waals surface area contributed by atoms with E-state index < -0.39 is 5.91 Å². The van der Waals surface area contributed by atoms with Gasteiger partial charge in [-0.25, -0.2) is 0 Å².